The predicted octanol–water partition coefficient (Wildman–Crippen LogP) is 5.04. The van der Waals surface area contributed by atoms with Gasteiger partial charge in [-0.2, -0.15) is 16.8 Å². The molecule has 0 fully saturated rings. The minimum Gasteiger partial charge on any atom is -0.462 e. The summed E-state index contributed by atoms with van der Waals surface area (Å²) in [5.41, 5.74) is 2.79. The molecule has 0 aliphatic heterocycles. The fourth-order valence-corrected chi connectivity index (χ4v) is 5.13. The number of aromatic nitrogens is 1. The summed E-state index contributed by atoms with van der Waals surface area (Å²) in [5.74, 6) is 1.45. The summed E-state index contributed by atoms with van der Waals surface area (Å²) in [6, 6.07) is 15.8. The molecule has 0 unspecified atom stereocenters. The van der Waals surface area contributed by atoms with E-state index in [-0.39, 0.29) is 11.9 Å². The molecule has 7 heteroatoms. The minimum absolute atomic E-state index is 0.102. The molecule has 3 rings (SSSR count). The van der Waals surface area contributed by atoms with Gasteiger partial charge in [0.15, 0.2) is 4.80 Å². The van der Waals surface area contributed by atoms with Crippen LogP contribution in [0.15, 0.2) is 53.5 Å². The molecule has 0 saturated heterocycles. The van der Waals surface area contributed by atoms with Crippen LogP contribution in [-0.4, -0.2) is 28.8 Å². The highest BCUT2D eigenvalue weighted by Crippen LogP contribution is 2.20. The van der Waals surface area contributed by atoms with Crippen LogP contribution in [0.2, 0.25) is 0 Å². The quantitative estimate of drug-likeness (QED) is 0.344. The molecular weight excluding hydrogens is 416 g/mol. The van der Waals surface area contributed by atoms with Gasteiger partial charge in [0, 0.05) is 18.7 Å². The number of benzene rings is 2. The van der Waals surface area contributed by atoms with Crippen LogP contribution in [0, 0.1) is 0 Å². The van der Waals surface area contributed by atoms with Gasteiger partial charge < -0.3 is 9.30 Å². The Balaban J connectivity index is 1.63. The van der Waals surface area contributed by atoms with Crippen LogP contribution in [0.5, 0.6) is 0 Å². The zero-order valence-electron chi connectivity index (χ0n) is 17.3. The summed E-state index contributed by atoms with van der Waals surface area (Å²) in [6.45, 7) is 4.86. The average molecular weight is 443 g/mol. The first-order valence-electron chi connectivity index (χ1n) is 10.1. The van der Waals surface area contributed by atoms with Gasteiger partial charge in [0.1, 0.15) is 0 Å². The Morgan fingerprint density at radius 2 is 1.93 bits per heavy atom. The SMILES string of the molecule is CCOC(=O)c1ccc2c(c1)sc(=NC(=O)CCCSCc1ccccc1)n2CC. The van der Waals surface area contributed by atoms with Crippen molar-refractivity contribution in [3.63, 3.8) is 0 Å². The number of fused-ring (bicyclic) bond motifs is 1. The fourth-order valence-electron chi connectivity index (χ4n) is 3.06. The van der Waals surface area contributed by atoms with Crippen LogP contribution in [0.1, 0.15) is 42.6 Å². The first-order chi connectivity index (χ1) is 14.6. The minimum atomic E-state index is -0.335. The summed E-state index contributed by atoms with van der Waals surface area (Å²) in [7, 11) is 0. The molecule has 0 bridgehead atoms. The van der Waals surface area contributed by atoms with E-state index in [1.54, 1.807) is 13.0 Å². The topological polar surface area (TPSA) is 60.7 Å². The third-order valence-corrected chi connectivity index (χ3v) is 6.68. The van der Waals surface area contributed by atoms with Crippen molar-refractivity contribution in [1.29, 1.82) is 0 Å². The predicted molar refractivity (Wildman–Crippen MR) is 124 cm³/mol. The molecule has 0 aliphatic carbocycles. The van der Waals surface area contributed by atoms with Crippen molar-refractivity contribution in [1.82, 2.24) is 4.57 Å². The maximum atomic E-state index is 12.4. The zero-order valence-corrected chi connectivity index (χ0v) is 18.9. The molecule has 3 aromatic rings. The first-order valence-corrected chi connectivity index (χ1v) is 12.1. The van der Waals surface area contributed by atoms with Crippen LogP contribution in [0.25, 0.3) is 10.2 Å². The molecule has 158 valence electrons. The Labute approximate surface area is 184 Å². The Morgan fingerprint density at radius 3 is 2.67 bits per heavy atom. The number of hydrogen-bond acceptors (Lipinski definition) is 5. The summed E-state index contributed by atoms with van der Waals surface area (Å²) in [5, 5.41) is 0. The van der Waals surface area contributed by atoms with Crippen LogP contribution in [0.3, 0.4) is 0 Å². The molecule has 0 N–H and O–H groups in total. The Bertz CT molecular complexity index is 1070. The molecule has 5 nitrogen and oxygen atoms in total. The van der Waals surface area contributed by atoms with Crippen LogP contribution in [0.4, 0.5) is 0 Å². The highest BCUT2D eigenvalue weighted by molar-refractivity contribution is 7.98. The lowest BCUT2D eigenvalue weighted by molar-refractivity contribution is -0.118. The molecule has 30 heavy (non-hydrogen) atoms. The normalized spacial score (nSPS) is 11.7. The van der Waals surface area contributed by atoms with Gasteiger partial charge in [0.05, 0.1) is 22.4 Å². The highest BCUT2D eigenvalue weighted by Gasteiger charge is 2.11. The number of ether oxygens (including phenoxy) is 1. The van der Waals surface area contributed by atoms with Gasteiger partial charge in [-0.25, -0.2) is 4.79 Å². The number of carbonyl (C=O) groups is 2. The second-order valence-electron chi connectivity index (χ2n) is 6.68. The van der Waals surface area contributed by atoms with Crippen molar-refractivity contribution in [2.75, 3.05) is 12.4 Å². The number of amides is 1. The number of carbonyl (C=O) groups excluding carboxylic acids is 2. The van der Waals surface area contributed by atoms with E-state index in [4.69, 9.17) is 4.74 Å². The third kappa shape index (κ3) is 5.83. The molecule has 0 saturated carbocycles. The number of aryl methyl sites for hydroxylation is 1. The lowest BCUT2D eigenvalue weighted by Gasteiger charge is -2.03. The molecule has 0 aliphatic rings. The Kier molecular flexibility index (Phi) is 8.28. The summed E-state index contributed by atoms with van der Waals surface area (Å²) in [6.07, 6.45) is 1.25. The average Bonchev–Trinajstić information content (AvgIpc) is 3.10. The molecule has 1 aromatic heterocycles. The summed E-state index contributed by atoms with van der Waals surface area (Å²) in [4.78, 5) is 29.4. The van der Waals surface area contributed by atoms with E-state index >= 15 is 0 Å². The van der Waals surface area contributed by atoms with Crippen molar-refractivity contribution in [2.24, 2.45) is 4.99 Å². The van der Waals surface area contributed by atoms with Crippen molar-refractivity contribution in [3.05, 3.63) is 64.5 Å². The van der Waals surface area contributed by atoms with Gasteiger partial charge in [-0.3, -0.25) is 4.79 Å². The van der Waals surface area contributed by atoms with E-state index in [9.17, 15) is 9.59 Å². The Morgan fingerprint density at radius 1 is 1.13 bits per heavy atom. The molecule has 0 atom stereocenters. The van der Waals surface area contributed by atoms with E-state index in [2.05, 4.69) is 17.1 Å². The maximum Gasteiger partial charge on any atom is 0.338 e. The van der Waals surface area contributed by atoms with Gasteiger partial charge in [-0.1, -0.05) is 41.7 Å². The van der Waals surface area contributed by atoms with E-state index in [0.29, 0.717) is 29.9 Å². The third-order valence-electron chi connectivity index (χ3n) is 4.52. The lowest BCUT2D eigenvalue weighted by Crippen LogP contribution is -2.15. The second kappa shape index (κ2) is 11.1. The fraction of sp³-hybridized carbons (Fsp3) is 0.348. The van der Waals surface area contributed by atoms with Crippen molar-refractivity contribution in [3.8, 4) is 0 Å². The van der Waals surface area contributed by atoms with E-state index in [1.807, 2.05) is 53.6 Å². The first kappa shape index (κ1) is 22.3. The van der Waals surface area contributed by atoms with Gasteiger partial charge in [0.25, 0.3) is 0 Å². The monoisotopic (exact) mass is 442 g/mol. The zero-order chi connectivity index (χ0) is 21.3. The van der Waals surface area contributed by atoms with Crippen LogP contribution < -0.4 is 4.80 Å². The van der Waals surface area contributed by atoms with E-state index in [0.717, 1.165) is 28.1 Å². The standard InChI is InChI=1S/C23H26N2O3S2/c1-3-25-19-13-12-18(22(27)28-4-2)15-20(19)30-23(25)24-21(26)11-8-14-29-16-17-9-6-5-7-10-17/h5-7,9-10,12-13,15H,3-4,8,11,14,16H2,1-2H3. The number of thiazole rings is 1. The Hall–Kier alpha value is -2.38. The number of hydrogen-bond donors (Lipinski definition) is 0. The summed E-state index contributed by atoms with van der Waals surface area (Å²) >= 11 is 3.26. The van der Waals surface area contributed by atoms with Gasteiger partial charge in [-0.05, 0) is 49.8 Å². The van der Waals surface area contributed by atoms with Crippen molar-refractivity contribution >= 4 is 45.2 Å². The molecule has 1 amide bonds. The van der Waals surface area contributed by atoms with E-state index in [1.165, 1.54) is 16.9 Å². The number of rotatable bonds is 9. The smallest absolute Gasteiger partial charge is 0.338 e. The second-order valence-corrected chi connectivity index (χ2v) is 8.79. The lowest BCUT2D eigenvalue weighted by atomic mass is 10.2. The van der Waals surface area contributed by atoms with Crippen LogP contribution >= 0.6 is 23.1 Å². The van der Waals surface area contributed by atoms with Gasteiger partial charge in [-0.15, -0.1) is 0 Å². The van der Waals surface area contributed by atoms with Crippen molar-refractivity contribution < 1.29 is 14.3 Å². The van der Waals surface area contributed by atoms with Crippen LogP contribution in [-0.2, 0) is 21.8 Å². The maximum absolute atomic E-state index is 12.4. The number of nitrogens with zero attached hydrogens (tertiary/aromatic N) is 2. The molecule has 1 heterocycles. The number of thioether (sulfide) groups is 1. The van der Waals surface area contributed by atoms with Crippen molar-refractivity contribution in [2.45, 2.75) is 39.0 Å². The molecule has 2 aromatic carbocycles. The largest absolute Gasteiger partial charge is 0.462 e. The molecule has 0 radical (unpaired) electrons. The van der Waals surface area contributed by atoms with E-state index < -0.39 is 0 Å². The molecular formula is C23H26N2O3S2. The number of esters is 1. The van der Waals surface area contributed by atoms with Gasteiger partial charge in [0.2, 0.25) is 5.91 Å². The highest BCUT2D eigenvalue weighted by atomic mass is 32.2. The van der Waals surface area contributed by atoms with Gasteiger partial charge >= 0.3 is 5.97 Å². The summed E-state index contributed by atoms with van der Waals surface area (Å²) < 4.78 is 8.01. The molecule has 0 spiro atoms.